The first-order chi connectivity index (χ1) is 21.8. The first kappa shape index (κ1) is 29.0. The van der Waals surface area contributed by atoms with Crippen molar-refractivity contribution in [3.05, 3.63) is 102 Å². The highest BCUT2D eigenvalue weighted by molar-refractivity contribution is 5.94. The Labute approximate surface area is 262 Å². The zero-order valence-electron chi connectivity index (χ0n) is 26.0. The third-order valence-electron chi connectivity index (χ3n) is 8.33. The molecule has 6 heterocycles. The lowest BCUT2D eigenvalue weighted by molar-refractivity contribution is 0.00696. The van der Waals surface area contributed by atoms with Crippen LogP contribution in [0.15, 0.2) is 79.1 Å². The molecule has 10 heteroatoms. The van der Waals surface area contributed by atoms with Crippen LogP contribution in [0.5, 0.6) is 5.88 Å². The van der Waals surface area contributed by atoms with Crippen molar-refractivity contribution < 1.29 is 19.0 Å². The van der Waals surface area contributed by atoms with E-state index in [4.69, 9.17) is 24.2 Å². The lowest BCUT2D eigenvalue weighted by Crippen LogP contribution is -2.33. The molecule has 0 aliphatic carbocycles. The lowest BCUT2D eigenvalue weighted by atomic mass is 9.93. The molecule has 0 radical (unpaired) electrons. The number of hydrogen-bond donors (Lipinski definition) is 0. The van der Waals surface area contributed by atoms with Gasteiger partial charge in [-0.1, -0.05) is 12.1 Å². The van der Waals surface area contributed by atoms with Gasteiger partial charge in [-0.25, -0.2) is 19.7 Å². The summed E-state index contributed by atoms with van der Waals surface area (Å²) in [5.74, 6) is 2.57. The number of likely N-dealkylation sites (tertiary alicyclic amines) is 1. The molecule has 2 aliphatic rings. The van der Waals surface area contributed by atoms with Crippen molar-refractivity contribution in [1.29, 1.82) is 0 Å². The molecule has 0 unspecified atom stereocenters. The number of benzene rings is 1. The van der Waals surface area contributed by atoms with E-state index < -0.39 is 5.60 Å². The Balaban J connectivity index is 1.01. The second-order valence-corrected chi connectivity index (χ2v) is 12.8. The summed E-state index contributed by atoms with van der Waals surface area (Å²) >= 11 is 0. The van der Waals surface area contributed by atoms with Crippen LogP contribution in [0.25, 0.3) is 16.6 Å². The molecule has 1 fully saturated rings. The maximum absolute atomic E-state index is 12.8. The minimum absolute atomic E-state index is 0.334. The predicted octanol–water partition coefficient (Wildman–Crippen LogP) is 5.91. The van der Waals surface area contributed by atoms with Gasteiger partial charge in [-0.3, -0.25) is 4.90 Å². The van der Waals surface area contributed by atoms with Crippen LogP contribution in [0, 0.1) is 0 Å². The quantitative estimate of drug-likeness (QED) is 0.191. The minimum atomic E-state index is -0.561. The Kier molecular flexibility index (Phi) is 7.75. The van der Waals surface area contributed by atoms with E-state index in [1.807, 2.05) is 67.9 Å². The highest BCUT2D eigenvalue weighted by atomic mass is 16.6. The molecule has 1 saturated heterocycles. The predicted molar refractivity (Wildman–Crippen MR) is 170 cm³/mol. The fourth-order valence-electron chi connectivity index (χ4n) is 5.93. The average molecular weight is 607 g/mol. The molecule has 0 saturated carbocycles. The van der Waals surface area contributed by atoms with E-state index in [1.165, 1.54) is 0 Å². The summed E-state index contributed by atoms with van der Waals surface area (Å²) in [4.78, 5) is 29.3. The summed E-state index contributed by atoms with van der Waals surface area (Å²) in [5.41, 5.74) is 4.92. The molecule has 4 aromatic heterocycles. The molecule has 0 bridgehead atoms. The van der Waals surface area contributed by atoms with E-state index in [0.29, 0.717) is 43.7 Å². The van der Waals surface area contributed by atoms with Crippen LogP contribution in [-0.4, -0.2) is 60.1 Å². The number of piperidine rings is 1. The number of carbonyl (C=O) groups is 1. The van der Waals surface area contributed by atoms with E-state index >= 15 is 0 Å². The third-order valence-corrected chi connectivity index (χ3v) is 8.33. The molecule has 232 valence electrons. The van der Waals surface area contributed by atoms with Crippen LogP contribution >= 0.6 is 0 Å². The van der Waals surface area contributed by atoms with E-state index in [2.05, 4.69) is 32.7 Å². The first-order valence-electron chi connectivity index (χ1n) is 15.5. The van der Waals surface area contributed by atoms with Crippen LogP contribution in [0.1, 0.15) is 67.0 Å². The maximum Gasteiger partial charge on any atom is 0.338 e. The Morgan fingerprint density at radius 1 is 1.04 bits per heavy atom. The van der Waals surface area contributed by atoms with Crippen molar-refractivity contribution in [3.8, 4) is 5.88 Å². The second kappa shape index (κ2) is 12.0. The highest BCUT2D eigenvalue weighted by Crippen LogP contribution is 2.30. The van der Waals surface area contributed by atoms with Gasteiger partial charge in [0, 0.05) is 29.4 Å². The fraction of sp³-hybridized carbons (Fsp3) is 0.371. The van der Waals surface area contributed by atoms with E-state index in [1.54, 1.807) is 12.4 Å². The Morgan fingerprint density at radius 2 is 1.89 bits per heavy atom. The molecule has 10 nitrogen and oxygen atoms in total. The molecule has 0 amide bonds. The van der Waals surface area contributed by atoms with E-state index in [0.717, 1.165) is 65.3 Å². The highest BCUT2D eigenvalue weighted by Gasteiger charge is 2.25. The summed E-state index contributed by atoms with van der Waals surface area (Å²) in [5, 5.41) is 0. The zero-order chi connectivity index (χ0) is 31.0. The van der Waals surface area contributed by atoms with Crippen molar-refractivity contribution >= 4 is 22.5 Å². The minimum Gasteiger partial charge on any atom is -0.492 e. The summed E-state index contributed by atoms with van der Waals surface area (Å²) in [6.07, 6.45) is 9.76. The number of imidazole rings is 2. The topological polar surface area (TPSA) is 96.0 Å². The first-order valence-corrected chi connectivity index (χ1v) is 15.5. The largest absolute Gasteiger partial charge is 0.492 e. The van der Waals surface area contributed by atoms with Crippen LogP contribution in [0.4, 0.5) is 0 Å². The standard InChI is InChI=1S/C35H38N6O4/c1-35(2,3)45-34(42)26-8-10-30-31(17-26)41(20-28-13-16-43-28)32(37-30)21-39-14-11-25(12-15-39)29-5-4-6-33(38-29)44-22-24-7-9-27-18-36-23-40(27)19-24/h4-10,13,17-19,23,25H,11-12,14-16,20-22H2,1-3H3. The molecule has 7 rings (SSSR count). The molecule has 0 N–H and O–H groups in total. The summed E-state index contributed by atoms with van der Waals surface area (Å²) < 4.78 is 21.5. The summed E-state index contributed by atoms with van der Waals surface area (Å²) in [6, 6.07) is 15.8. The van der Waals surface area contributed by atoms with Gasteiger partial charge in [0.05, 0.1) is 47.7 Å². The molecular formula is C35H38N6O4. The van der Waals surface area contributed by atoms with Crippen LogP contribution in [-0.2, 0) is 29.2 Å². The van der Waals surface area contributed by atoms with Gasteiger partial charge in [-0.15, -0.1) is 0 Å². The smallest absolute Gasteiger partial charge is 0.338 e. The fourth-order valence-corrected chi connectivity index (χ4v) is 5.93. The van der Waals surface area contributed by atoms with Gasteiger partial charge >= 0.3 is 5.97 Å². The Morgan fingerprint density at radius 3 is 2.67 bits per heavy atom. The van der Waals surface area contributed by atoms with E-state index in [-0.39, 0.29) is 5.97 Å². The number of pyridine rings is 2. The monoisotopic (exact) mass is 606 g/mol. The number of fused-ring (bicyclic) bond motifs is 2. The molecule has 1 aromatic carbocycles. The van der Waals surface area contributed by atoms with Gasteiger partial charge in [0.25, 0.3) is 0 Å². The second-order valence-electron chi connectivity index (χ2n) is 12.8. The number of hydrogen-bond acceptors (Lipinski definition) is 8. The van der Waals surface area contributed by atoms with Gasteiger partial charge in [0.2, 0.25) is 5.88 Å². The summed E-state index contributed by atoms with van der Waals surface area (Å²) in [7, 11) is 0. The third kappa shape index (κ3) is 6.56. The number of carbonyl (C=O) groups excluding carboxylic acids is 1. The SMILES string of the molecule is CC(C)(C)OC(=O)c1ccc2nc(CN3CCC(c4cccc(OCc5ccc6cncn6c5)n4)CC3)n(CC3=CCO3)c2c1. The number of aromatic nitrogens is 5. The zero-order valence-corrected chi connectivity index (χ0v) is 26.0. The number of ether oxygens (including phenoxy) is 3. The molecule has 0 atom stereocenters. The number of rotatable bonds is 9. The van der Waals surface area contributed by atoms with Crippen molar-refractivity contribution in [2.45, 2.75) is 64.8 Å². The lowest BCUT2D eigenvalue weighted by Gasteiger charge is -2.31. The maximum atomic E-state index is 12.8. The van der Waals surface area contributed by atoms with Crippen LogP contribution in [0.3, 0.4) is 0 Å². The van der Waals surface area contributed by atoms with Crippen LogP contribution < -0.4 is 4.74 Å². The molecule has 0 spiro atoms. The Hall–Kier alpha value is -4.70. The van der Waals surface area contributed by atoms with Gasteiger partial charge in [-0.2, -0.15) is 0 Å². The van der Waals surface area contributed by atoms with Gasteiger partial charge in [0.15, 0.2) is 0 Å². The Bertz CT molecular complexity index is 1880. The van der Waals surface area contributed by atoms with Gasteiger partial charge in [0.1, 0.15) is 30.4 Å². The van der Waals surface area contributed by atoms with Gasteiger partial charge in [-0.05, 0) is 83.1 Å². The van der Waals surface area contributed by atoms with Crippen LogP contribution in [0.2, 0.25) is 0 Å². The molecule has 2 aliphatic heterocycles. The number of allylic oxidation sites excluding steroid dienone is 1. The summed E-state index contributed by atoms with van der Waals surface area (Å²) in [6.45, 7) is 9.90. The normalized spacial score (nSPS) is 15.9. The molecule has 5 aromatic rings. The van der Waals surface area contributed by atoms with Crippen molar-refractivity contribution in [1.82, 2.24) is 28.8 Å². The average Bonchev–Trinajstić information content (AvgIpc) is 3.61. The number of nitrogens with zero attached hydrogens (tertiary/aromatic N) is 6. The molecule has 45 heavy (non-hydrogen) atoms. The molecular weight excluding hydrogens is 568 g/mol. The van der Waals surface area contributed by atoms with Crippen molar-refractivity contribution in [2.75, 3.05) is 19.7 Å². The van der Waals surface area contributed by atoms with Crippen molar-refractivity contribution in [2.24, 2.45) is 0 Å². The van der Waals surface area contributed by atoms with E-state index in [9.17, 15) is 4.79 Å². The van der Waals surface area contributed by atoms with Crippen molar-refractivity contribution in [3.63, 3.8) is 0 Å². The van der Waals surface area contributed by atoms with Gasteiger partial charge < -0.3 is 23.2 Å². The number of esters is 1.